The summed E-state index contributed by atoms with van der Waals surface area (Å²) < 4.78 is 5.29. The fourth-order valence-corrected chi connectivity index (χ4v) is 2.73. The number of amides is 1. The number of benzene rings is 1. The van der Waals surface area contributed by atoms with E-state index < -0.39 is 0 Å². The van der Waals surface area contributed by atoms with Crippen molar-refractivity contribution in [2.24, 2.45) is 0 Å². The minimum absolute atomic E-state index is 0.0645. The van der Waals surface area contributed by atoms with E-state index in [0.29, 0.717) is 19.1 Å². The third-order valence-corrected chi connectivity index (χ3v) is 3.97. The van der Waals surface area contributed by atoms with E-state index in [9.17, 15) is 4.79 Å². The Bertz CT molecular complexity index is 459. The maximum Gasteiger partial charge on any atom is 0.234 e. The summed E-state index contributed by atoms with van der Waals surface area (Å²) in [7, 11) is 1.65. The normalized spacial score (nSPS) is 18.0. The molecule has 0 saturated carbocycles. The van der Waals surface area contributed by atoms with Gasteiger partial charge in [0.2, 0.25) is 5.91 Å². The molecule has 1 saturated heterocycles. The van der Waals surface area contributed by atoms with Crippen molar-refractivity contribution in [1.29, 1.82) is 0 Å². The molecule has 1 unspecified atom stereocenters. The van der Waals surface area contributed by atoms with Crippen LogP contribution < -0.4 is 15.4 Å². The van der Waals surface area contributed by atoms with E-state index in [-0.39, 0.29) is 5.91 Å². The Kier molecular flexibility index (Phi) is 6.02. The molecule has 21 heavy (non-hydrogen) atoms. The second-order valence-corrected chi connectivity index (χ2v) is 5.30. The van der Waals surface area contributed by atoms with Crippen molar-refractivity contribution in [2.75, 3.05) is 33.3 Å². The number of carbonyl (C=O) groups is 1. The van der Waals surface area contributed by atoms with Crippen LogP contribution >= 0.6 is 0 Å². The molecule has 1 aromatic rings. The first kappa shape index (κ1) is 15.8. The average Bonchev–Trinajstić information content (AvgIpc) is 3.05. The number of para-hydroxylation sites is 1. The molecule has 0 spiro atoms. The lowest BCUT2D eigenvalue weighted by atomic mass is 10.2. The van der Waals surface area contributed by atoms with E-state index >= 15 is 0 Å². The fraction of sp³-hybridized carbons (Fsp3) is 0.562. The SMILES string of the molecule is CCN(CC(=O)NCc1ccccc1OC)C1CCNC1. The Hall–Kier alpha value is -1.59. The molecule has 1 amide bonds. The minimum Gasteiger partial charge on any atom is -0.496 e. The number of carbonyl (C=O) groups excluding carboxylic acids is 1. The zero-order chi connectivity index (χ0) is 15.1. The van der Waals surface area contributed by atoms with Crippen LogP contribution in [0.25, 0.3) is 0 Å². The summed E-state index contributed by atoms with van der Waals surface area (Å²) in [5.74, 6) is 0.875. The van der Waals surface area contributed by atoms with Gasteiger partial charge in [-0.05, 0) is 25.6 Å². The summed E-state index contributed by atoms with van der Waals surface area (Å²) in [6, 6.07) is 8.23. The van der Waals surface area contributed by atoms with Crippen LogP contribution in [-0.2, 0) is 11.3 Å². The number of ether oxygens (including phenoxy) is 1. The van der Waals surface area contributed by atoms with Crippen LogP contribution in [0, 0.1) is 0 Å². The molecule has 116 valence electrons. The van der Waals surface area contributed by atoms with Gasteiger partial charge in [-0.1, -0.05) is 25.1 Å². The zero-order valence-corrected chi connectivity index (χ0v) is 12.9. The molecule has 0 bridgehead atoms. The van der Waals surface area contributed by atoms with E-state index in [1.54, 1.807) is 7.11 Å². The number of methoxy groups -OCH3 is 1. The maximum atomic E-state index is 12.1. The fourth-order valence-electron chi connectivity index (χ4n) is 2.73. The monoisotopic (exact) mass is 291 g/mol. The first-order valence-electron chi connectivity index (χ1n) is 7.58. The highest BCUT2D eigenvalue weighted by atomic mass is 16.5. The van der Waals surface area contributed by atoms with E-state index in [1.807, 2.05) is 24.3 Å². The quantitative estimate of drug-likeness (QED) is 0.787. The predicted octanol–water partition coefficient (Wildman–Crippen LogP) is 0.995. The molecule has 0 aromatic heterocycles. The summed E-state index contributed by atoms with van der Waals surface area (Å²) in [6.07, 6.45) is 1.12. The van der Waals surface area contributed by atoms with E-state index in [0.717, 1.165) is 37.4 Å². The second kappa shape index (κ2) is 8.00. The van der Waals surface area contributed by atoms with Gasteiger partial charge in [0, 0.05) is 24.7 Å². The molecule has 1 aliphatic heterocycles. The molecule has 1 aromatic carbocycles. The van der Waals surface area contributed by atoms with Crippen LogP contribution in [0.1, 0.15) is 18.9 Å². The molecule has 2 rings (SSSR count). The number of hydrogen-bond donors (Lipinski definition) is 2. The van der Waals surface area contributed by atoms with Crippen LogP contribution in [0.4, 0.5) is 0 Å². The van der Waals surface area contributed by atoms with Crippen LogP contribution in [0.3, 0.4) is 0 Å². The molecular weight excluding hydrogens is 266 g/mol. The lowest BCUT2D eigenvalue weighted by Crippen LogP contribution is -2.43. The van der Waals surface area contributed by atoms with Gasteiger partial charge in [-0.25, -0.2) is 0 Å². The Labute approximate surface area is 126 Å². The summed E-state index contributed by atoms with van der Waals surface area (Å²) in [5, 5.41) is 6.32. The van der Waals surface area contributed by atoms with E-state index in [1.165, 1.54) is 0 Å². The van der Waals surface area contributed by atoms with Crippen molar-refractivity contribution in [3.8, 4) is 5.75 Å². The predicted molar refractivity (Wildman–Crippen MR) is 83.4 cm³/mol. The molecule has 5 heteroatoms. The highest BCUT2D eigenvalue weighted by molar-refractivity contribution is 5.78. The summed E-state index contributed by atoms with van der Waals surface area (Å²) >= 11 is 0. The summed E-state index contributed by atoms with van der Waals surface area (Å²) in [5.41, 5.74) is 0.999. The molecule has 2 N–H and O–H groups in total. The maximum absolute atomic E-state index is 12.1. The van der Waals surface area contributed by atoms with Crippen molar-refractivity contribution < 1.29 is 9.53 Å². The van der Waals surface area contributed by atoms with Crippen LogP contribution in [0.2, 0.25) is 0 Å². The number of nitrogens with one attached hydrogen (secondary N) is 2. The van der Waals surface area contributed by atoms with Crippen molar-refractivity contribution in [3.63, 3.8) is 0 Å². The van der Waals surface area contributed by atoms with Gasteiger partial charge >= 0.3 is 0 Å². The molecule has 0 radical (unpaired) electrons. The standard InChI is InChI=1S/C16H25N3O2/c1-3-19(14-8-9-17-11-14)12-16(20)18-10-13-6-4-5-7-15(13)21-2/h4-7,14,17H,3,8-12H2,1-2H3,(H,18,20). The van der Waals surface area contributed by atoms with Crippen LogP contribution in [-0.4, -0.2) is 50.1 Å². The molecule has 1 fully saturated rings. The van der Waals surface area contributed by atoms with Crippen molar-refractivity contribution in [3.05, 3.63) is 29.8 Å². The Morgan fingerprint density at radius 1 is 1.48 bits per heavy atom. The molecule has 1 atom stereocenters. The lowest BCUT2D eigenvalue weighted by molar-refractivity contribution is -0.122. The molecule has 1 aliphatic rings. The Balaban J connectivity index is 1.83. The van der Waals surface area contributed by atoms with Gasteiger partial charge < -0.3 is 15.4 Å². The molecule has 5 nitrogen and oxygen atoms in total. The summed E-state index contributed by atoms with van der Waals surface area (Å²) in [6.45, 7) is 5.99. The van der Waals surface area contributed by atoms with Gasteiger partial charge in [0.25, 0.3) is 0 Å². The molecule has 0 aliphatic carbocycles. The number of rotatable bonds is 7. The lowest BCUT2D eigenvalue weighted by Gasteiger charge is -2.26. The van der Waals surface area contributed by atoms with Gasteiger partial charge in [0.05, 0.1) is 13.7 Å². The largest absolute Gasteiger partial charge is 0.496 e. The zero-order valence-electron chi connectivity index (χ0n) is 12.9. The van der Waals surface area contributed by atoms with E-state index in [4.69, 9.17) is 4.74 Å². The van der Waals surface area contributed by atoms with Crippen molar-refractivity contribution in [1.82, 2.24) is 15.5 Å². The van der Waals surface area contributed by atoms with Gasteiger partial charge in [-0.15, -0.1) is 0 Å². The Morgan fingerprint density at radius 3 is 2.95 bits per heavy atom. The third-order valence-electron chi connectivity index (χ3n) is 3.97. The second-order valence-electron chi connectivity index (χ2n) is 5.30. The first-order chi connectivity index (χ1) is 10.2. The van der Waals surface area contributed by atoms with Crippen molar-refractivity contribution in [2.45, 2.75) is 25.9 Å². The summed E-state index contributed by atoms with van der Waals surface area (Å²) in [4.78, 5) is 14.4. The van der Waals surface area contributed by atoms with Crippen LogP contribution in [0.15, 0.2) is 24.3 Å². The van der Waals surface area contributed by atoms with Crippen molar-refractivity contribution >= 4 is 5.91 Å². The minimum atomic E-state index is 0.0645. The van der Waals surface area contributed by atoms with Gasteiger partial charge in [0.1, 0.15) is 5.75 Å². The van der Waals surface area contributed by atoms with Crippen LogP contribution in [0.5, 0.6) is 5.75 Å². The topological polar surface area (TPSA) is 53.6 Å². The number of hydrogen-bond acceptors (Lipinski definition) is 4. The highest BCUT2D eigenvalue weighted by Crippen LogP contribution is 2.16. The van der Waals surface area contributed by atoms with E-state index in [2.05, 4.69) is 22.5 Å². The number of likely N-dealkylation sites (N-methyl/N-ethyl adjacent to an activating group) is 1. The molecular formula is C16H25N3O2. The van der Waals surface area contributed by atoms with Gasteiger partial charge in [-0.2, -0.15) is 0 Å². The highest BCUT2D eigenvalue weighted by Gasteiger charge is 2.22. The Morgan fingerprint density at radius 2 is 2.29 bits per heavy atom. The third kappa shape index (κ3) is 4.44. The first-order valence-corrected chi connectivity index (χ1v) is 7.58. The average molecular weight is 291 g/mol. The van der Waals surface area contributed by atoms with Gasteiger partial charge in [-0.3, -0.25) is 9.69 Å². The van der Waals surface area contributed by atoms with Gasteiger partial charge in [0.15, 0.2) is 0 Å². The molecule has 1 heterocycles. The smallest absolute Gasteiger partial charge is 0.234 e. The number of nitrogens with zero attached hydrogens (tertiary/aromatic N) is 1.